The van der Waals surface area contributed by atoms with E-state index in [0.717, 1.165) is 0 Å². The third kappa shape index (κ3) is 3.86. The predicted octanol–water partition coefficient (Wildman–Crippen LogP) is 3.52. The molecule has 0 saturated heterocycles. The van der Waals surface area contributed by atoms with Gasteiger partial charge in [-0.2, -0.15) is 4.98 Å². The minimum Gasteiger partial charge on any atom is -0.465 e. The lowest BCUT2D eigenvalue weighted by Gasteiger charge is -2.12. The molecule has 0 amide bonds. The van der Waals surface area contributed by atoms with Crippen LogP contribution in [0.5, 0.6) is 11.6 Å². The van der Waals surface area contributed by atoms with Crippen molar-refractivity contribution in [3.8, 4) is 11.6 Å². The number of rotatable bonds is 5. The predicted molar refractivity (Wildman–Crippen MR) is 94.0 cm³/mol. The number of carbonyl (C=O) groups excluding carboxylic acids is 1. The first kappa shape index (κ1) is 17.2. The number of ether oxygens (including phenoxy) is 2. The highest BCUT2D eigenvalue weighted by atomic mass is 19.1. The van der Waals surface area contributed by atoms with Gasteiger partial charge in [-0.1, -0.05) is 0 Å². The Morgan fingerprint density at radius 1 is 1.08 bits per heavy atom. The standard InChI is InChI=1S/C18H15FN4O3/c1-25-18(24)11-2-8-14(9-3-11)26-17-15(20)16(21-10-22-17)23-13-6-4-12(19)5-7-13/h2-10H,20H2,1H3,(H,21,22,23). The van der Waals surface area contributed by atoms with E-state index in [1.807, 2.05) is 0 Å². The number of nitrogens with one attached hydrogen (secondary N) is 1. The lowest BCUT2D eigenvalue weighted by atomic mass is 10.2. The highest BCUT2D eigenvalue weighted by molar-refractivity contribution is 5.89. The van der Waals surface area contributed by atoms with Gasteiger partial charge in [0.25, 0.3) is 0 Å². The molecule has 0 aliphatic heterocycles. The molecule has 0 spiro atoms. The summed E-state index contributed by atoms with van der Waals surface area (Å²) in [4.78, 5) is 19.5. The summed E-state index contributed by atoms with van der Waals surface area (Å²) in [6.07, 6.45) is 1.29. The number of anilines is 3. The molecular formula is C18H15FN4O3. The average Bonchev–Trinajstić information content (AvgIpc) is 2.66. The van der Waals surface area contributed by atoms with Crippen molar-refractivity contribution in [1.82, 2.24) is 9.97 Å². The van der Waals surface area contributed by atoms with Gasteiger partial charge in [0.05, 0.1) is 12.7 Å². The van der Waals surface area contributed by atoms with E-state index in [0.29, 0.717) is 22.8 Å². The van der Waals surface area contributed by atoms with E-state index in [-0.39, 0.29) is 17.4 Å². The second-order valence-corrected chi connectivity index (χ2v) is 5.19. The number of nitrogen functional groups attached to an aromatic ring is 1. The minimum atomic E-state index is -0.441. The second-order valence-electron chi connectivity index (χ2n) is 5.19. The summed E-state index contributed by atoms with van der Waals surface area (Å²) in [7, 11) is 1.31. The van der Waals surface area contributed by atoms with Crippen LogP contribution >= 0.6 is 0 Å². The zero-order valence-corrected chi connectivity index (χ0v) is 13.8. The van der Waals surface area contributed by atoms with Crippen molar-refractivity contribution < 1.29 is 18.7 Å². The molecule has 26 heavy (non-hydrogen) atoms. The van der Waals surface area contributed by atoms with Crippen LogP contribution in [0.3, 0.4) is 0 Å². The molecule has 0 fully saturated rings. The Bertz CT molecular complexity index is 915. The van der Waals surface area contributed by atoms with Crippen LogP contribution in [0.15, 0.2) is 54.9 Å². The van der Waals surface area contributed by atoms with E-state index < -0.39 is 5.97 Å². The zero-order chi connectivity index (χ0) is 18.5. The Balaban J connectivity index is 1.78. The van der Waals surface area contributed by atoms with Gasteiger partial charge in [0.2, 0.25) is 5.88 Å². The van der Waals surface area contributed by atoms with Gasteiger partial charge in [-0.05, 0) is 48.5 Å². The van der Waals surface area contributed by atoms with Crippen LogP contribution in [0.2, 0.25) is 0 Å². The van der Waals surface area contributed by atoms with E-state index in [4.69, 9.17) is 10.5 Å². The van der Waals surface area contributed by atoms with Crippen LogP contribution in [0.1, 0.15) is 10.4 Å². The SMILES string of the molecule is COC(=O)c1ccc(Oc2ncnc(Nc3ccc(F)cc3)c2N)cc1. The smallest absolute Gasteiger partial charge is 0.337 e. The molecule has 3 aromatic rings. The Morgan fingerprint density at radius 2 is 1.77 bits per heavy atom. The van der Waals surface area contributed by atoms with Gasteiger partial charge in [0.15, 0.2) is 5.82 Å². The van der Waals surface area contributed by atoms with Gasteiger partial charge in [0.1, 0.15) is 23.6 Å². The van der Waals surface area contributed by atoms with Crippen LogP contribution in [-0.4, -0.2) is 23.0 Å². The van der Waals surface area contributed by atoms with E-state index in [1.54, 1.807) is 36.4 Å². The Labute approximate surface area is 148 Å². The normalized spacial score (nSPS) is 10.2. The molecule has 0 unspecified atom stereocenters. The summed E-state index contributed by atoms with van der Waals surface area (Å²) in [6.45, 7) is 0. The first-order valence-corrected chi connectivity index (χ1v) is 7.56. The topological polar surface area (TPSA) is 99.4 Å². The van der Waals surface area contributed by atoms with Crippen LogP contribution < -0.4 is 15.8 Å². The molecule has 1 heterocycles. The fourth-order valence-electron chi connectivity index (χ4n) is 2.12. The lowest BCUT2D eigenvalue weighted by Crippen LogP contribution is -2.03. The van der Waals surface area contributed by atoms with Gasteiger partial charge in [-0.25, -0.2) is 14.2 Å². The molecule has 3 N–H and O–H groups in total. The molecule has 7 nitrogen and oxygen atoms in total. The van der Waals surface area contributed by atoms with Gasteiger partial charge >= 0.3 is 5.97 Å². The molecule has 1 aromatic heterocycles. The molecule has 2 aromatic carbocycles. The molecule has 0 saturated carbocycles. The van der Waals surface area contributed by atoms with Crippen molar-refractivity contribution in [3.05, 3.63) is 66.2 Å². The van der Waals surface area contributed by atoms with Gasteiger partial charge in [-0.3, -0.25) is 0 Å². The number of aromatic nitrogens is 2. The van der Waals surface area contributed by atoms with Crippen LogP contribution in [0.25, 0.3) is 0 Å². The molecule has 0 radical (unpaired) electrons. The van der Waals surface area contributed by atoms with E-state index in [2.05, 4.69) is 20.0 Å². The summed E-state index contributed by atoms with van der Waals surface area (Å²) >= 11 is 0. The van der Waals surface area contributed by atoms with Crippen LogP contribution in [0, 0.1) is 5.82 Å². The van der Waals surface area contributed by atoms with Crippen molar-refractivity contribution in [2.24, 2.45) is 0 Å². The number of hydrogen-bond donors (Lipinski definition) is 2. The lowest BCUT2D eigenvalue weighted by molar-refractivity contribution is 0.0600. The maximum absolute atomic E-state index is 13.0. The second kappa shape index (κ2) is 7.47. The third-order valence-electron chi connectivity index (χ3n) is 3.44. The number of halogens is 1. The fourth-order valence-corrected chi connectivity index (χ4v) is 2.12. The molecular weight excluding hydrogens is 339 g/mol. The van der Waals surface area contributed by atoms with Crippen LogP contribution in [-0.2, 0) is 4.74 Å². The number of benzene rings is 2. The molecule has 0 bridgehead atoms. The molecule has 0 aliphatic carbocycles. The maximum Gasteiger partial charge on any atom is 0.337 e. The quantitative estimate of drug-likeness (QED) is 0.676. The highest BCUT2D eigenvalue weighted by Gasteiger charge is 2.12. The molecule has 0 atom stereocenters. The Kier molecular flexibility index (Phi) is 4.93. The summed E-state index contributed by atoms with van der Waals surface area (Å²) in [6, 6.07) is 12.1. The number of esters is 1. The first-order chi connectivity index (χ1) is 12.6. The van der Waals surface area contributed by atoms with Crippen molar-refractivity contribution in [2.75, 3.05) is 18.2 Å². The zero-order valence-electron chi connectivity index (χ0n) is 13.8. The summed E-state index contributed by atoms with van der Waals surface area (Å²) < 4.78 is 23.3. The molecule has 0 aliphatic rings. The fraction of sp³-hybridized carbons (Fsp3) is 0.0556. The molecule has 3 rings (SSSR count). The number of methoxy groups -OCH3 is 1. The first-order valence-electron chi connectivity index (χ1n) is 7.56. The number of nitrogens with two attached hydrogens (primary N) is 1. The number of hydrogen-bond acceptors (Lipinski definition) is 7. The summed E-state index contributed by atoms with van der Waals surface area (Å²) in [5.74, 6) is 0.133. The average molecular weight is 354 g/mol. The van der Waals surface area contributed by atoms with Gasteiger partial charge in [0, 0.05) is 5.69 Å². The highest BCUT2D eigenvalue weighted by Crippen LogP contribution is 2.31. The van der Waals surface area contributed by atoms with E-state index >= 15 is 0 Å². The Hall–Kier alpha value is -3.68. The van der Waals surface area contributed by atoms with Gasteiger partial charge in [-0.15, -0.1) is 0 Å². The summed E-state index contributed by atoms with van der Waals surface area (Å²) in [5, 5.41) is 2.97. The van der Waals surface area contributed by atoms with Crippen molar-refractivity contribution in [1.29, 1.82) is 0 Å². The van der Waals surface area contributed by atoms with Crippen molar-refractivity contribution >= 4 is 23.2 Å². The summed E-state index contributed by atoms with van der Waals surface area (Å²) in [5.41, 5.74) is 7.25. The van der Waals surface area contributed by atoms with Crippen molar-refractivity contribution in [3.63, 3.8) is 0 Å². The minimum absolute atomic E-state index is 0.149. The maximum atomic E-state index is 13.0. The Morgan fingerprint density at radius 3 is 2.42 bits per heavy atom. The monoisotopic (exact) mass is 354 g/mol. The van der Waals surface area contributed by atoms with E-state index in [9.17, 15) is 9.18 Å². The third-order valence-corrected chi connectivity index (χ3v) is 3.44. The number of nitrogens with zero attached hydrogens (tertiary/aromatic N) is 2. The molecule has 8 heteroatoms. The molecule has 132 valence electrons. The van der Waals surface area contributed by atoms with Crippen molar-refractivity contribution in [2.45, 2.75) is 0 Å². The number of carbonyl (C=O) groups is 1. The largest absolute Gasteiger partial charge is 0.465 e. The van der Waals surface area contributed by atoms with Gasteiger partial charge < -0.3 is 20.5 Å². The van der Waals surface area contributed by atoms with E-state index in [1.165, 1.54) is 25.6 Å². The van der Waals surface area contributed by atoms with Crippen LogP contribution in [0.4, 0.5) is 21.6 Å².